The average Bonchev–Trinajstić information content (AvgIpc) is 3.21. The fourth-order valence-corrected chi connectivity index (χ4v) is 3.51. The number of hydrogen-bond donors (Lipinski definition) is 2. The number of nitrogens with zero attached hydrogens (tertiary/aromatic N) is 2. The molecule has 0 bridgehead atoms. The van der Waals surface area contributed by atoms with Crippen LogP contribution in [-0.2, 0) is 4.79 Å². The van der Waals surface area contributed by atoms with Crippen LogP contribution >= 0.6 is 0 Å². The number of amides is 2. The highest BCUT2D eigenvalue weighted by molar-refractivity contribution is 6.00. The van der Waals surface area contributed by atoms with Crippen LogP contribution in [0.15, 0.2) is 41.0 Å². The summed E-state index contributed by atoms with van der Waals surface area (Å²) in [6.07, 6.45) is 1.43. The van der Waals surface area contributed by atoms with Crippen LogP contribution in [0.2, 0.25) is 0 Å². The zero-order valence-electron chi connectivity index (χ0n) is 17.6. The molecule has 1 fully saturated rings. The molecule has 1 saturated heterocycles. The summed E-state index contributed by atoms with van der Waals surface area (Å²) >= 11 is 0. The highest BCUT2D eigenvalue weighted by Gasteiger charge is 2.26. The quantitative estimate of drug-likeness (QED) is 0.782. The van der Waals surface area contributed by atoms with Crippen molar-refractivity contribution in [1.82, 2.24) is 10.2 Å². The lowest BCUT2D eigenvalue weighted by Crippen LogP contribution is -2.47. The van der Waals surface area contributed by atoms with Gasteiger partial charge in [0.25, 0.3) is 5.91 Å². The van der Waals surface area contributed by atoms with Gasteiger partial charge in [-0.3, -0.25) is 9.59 Å². The maximum Gasteiger partial charge on any atom is 0.287 e. The molecule has 1 atom stereocenters. The standard InChI is InChI=1S/C22H30N4O3/c1-15(2)20(24-21(27)19-6-5-13-29-19)22(28)23-17-7-8-18(16(3)14-17)26-11-9-25(4)10-12-26/h5-8,13-15,20H,9-12H2,1-4H3,(H,23,28)(H,24,27). The number of furan rings is 1. The van der Waals surface area contributed by atoms with Crippen LogP contribution in [0, 0.1) is 12.8 Å². The minimum atomic E-state index is -0.662. The van der Waals surface area contributed by atoms with Gasteiger partial charge in [-0.2, -0.15) is 0 Å². The second-order valence-electron chi connectivity index (χ2n) is 7.95. The van der Waals surface area contributed by atoms with E-state index in [9.17, 15) is 9.59 Å². The average molecular weight is 399 g/mol. The number of anilines is 2. The monoisotopic (exact) mass is 398 g/mol. The Morgan fingerprint density at radius 1 is 1.10 bits per heavy atom. The molecule has 2 heterocycles. The molecule has 0 saturated carbocycles. The molecule has 3 rings (SSSR count). The first kappa shape index (κ1) is 20.9. The molecule has 1 aromatic carbocycles. The van der Waals surface area contributed by atoms with Crippen LogP contribution in [0.25, 0.3) is 0 Å². The van der Waals surface area contributed by atoms with Gasteiger partial charge >= 0.3 is 0 Å². The number of hydrogen-bond acceptors (Lipinski definition) is 5. The lowest BCUT2D eigenvalue weighted by Gasteiger charge is -2.35. The smallest absolute Gasteiger partial charge is 0.287 e. The Kier molecular flexibility index (Phi) is 6.59. The molecular weight excluding hydrogens is 368 g/mol. The number of likely N-dealkylation sites (N-methyl/N-ethyl adjacent to an activating group) is 1. The van der Waals surface area contributed by atoms with Crippen molar-refractivity contribution in [2.24, 2.45) is 5.92 Å². The minimum absolute atomic E-state index is 0.0698. The van der Waals surface area contributed by atoms with Gasteiger partial charge in [0.15, 0.2) is 5.76 Å². The third-order valence-corrected chi connectivity index (χ3v) is 5.29. The third kappa shape index (κ3) is 5.17. The van der Waals surface area contributed by atoms with E-state index in [0.29, 0.717) is 0 Å². The molecule has 1 aliphatic rings. The van der Waals surface area contributed by atoms with Gasteiger partial charge in [0, 0.05) is 37.6 Å². The van der Waals surface area contributed by atoms with Gasteiger partial charge in [-0.25, -0.2) is 0 Å². The maximum atomic E-state index is 12.8. The zero-order chi connectivity index (χ0) is 21.0. The molecule has 2 N–H and O–H groups in total. The van der Waals surface area contributed by atoms with Crippen LogP contribution in [0.5, 0.6) is 0 Å². The Labute approximate surface area is 172 Å². The number of nitrogens with one attached hydrogen (secondary N) is 2. The van der Waals surface area contributed by atoms with Crippen molar-refractivity contribution in [1.29, 1.82) is 0 Å². The SMILES string of the molecule is Cc1cc(NC(=O)C(NC(=O)c2ccco2)C(C)C)ccc1N1CCN(C)CC1. The minimum Gasteiger partial charge on any atom is -0.459 e. The van der Waals surface area contributed by atoms with Gasteiger partial charge < -0.3 is 24.9 Å². The molecular formula is C22H30N4O3. The van der Waals surface area contributed by atoms with E-state index in [4.69, 9.17) is 4.42 Å². The normalized spacial score (nSPS) is 16.0. The zero-order valence-corrected chi connectivity index (χ0v) is 17.6. The van der Waals surface area contributed by atoms with Crippen molar-refractivity contribution in [3.8, 4) is 0 Å². The summed E-state index contributed by atoms with van der Waals surface area (Å²) in [6, 6.07) is 8.52. The predicted octanol–water partition coefficient (Wildman–Crippen LogP) is 2.73. The van der Waals surface area contributed by atoms with E-state index in [2.05, 4.69) is 40.5 Å². The molecule has 2 aromatic rings. The van der Waals surface area contributed by atoms with Crippen molar-refractivity contribution in [3.63, 3.8) is 0 Å². The van der Waals surface area contributed by atoms with E-state index in [-0.39, 0.29) is 17.6 Å². The summed E-state index contributed by atoms with van der Waals surface area (Å²) in [7, 11) is 2.14. The van der Waals surface area contributed by atoms with Gasteiger partial charge in [0.1, 0.15) is 6.04 Å². The second kappa shape index (κ2) is 9.13. The second-order valence-corrected chi connectivity index (χ2v) is 7.95. The molecule has 0 spiro atoms. The molecule has 1 unspecified atom stereocenters. The van der Waals surface area contributed by atoms with E-state index < -0.39 is 11.9 Å². The van der Waals surface area contributed by atoms with Crippen molar-refractivity contribution in [3.05, 3.63) is 47.9 Å². The number of aryl methyl sites for hydroxylation is 1. The Bertz CT molecular complexity index is 840. The molecule has 1 aromatic heterocycles. The summed E-state index contributed by atoms with van der Waals surface area (Å²) < 4.78 is 5.12. The predicted molar refractivity (Wildman–Crippen MR) is 114 cm³/mol. The Morgan fingerprint density at radius 2 is 1.83 bits per heavy atom. The summed E-state index contributed by atoms with van der Waals surface area (Å²) in [4.78, 5) is 29.8. The molecule has 1 aliphatic heterocycles. The summed E-state index contributed by atoms with van der Waals surface area (Å²) in [5, 5.41) is 5.70. The molecule has 0 radical (unpaired) electrons. The number of benzene rings is 1. The van der Waals surface area contributed by atoms with Crippen LogP contribution in [0.4, 0.5) is 11.4 Å². The van der Waals surface area contributed by atoms with Gasteiger partial charge in [0.05, 0.1) is 6.26 Å². The third-order valence-electron chi connectivity index (χ3n) is 5.29. The van der Waals surface area contributed by atoms with Gasteiger partial charge in [0.2, 0.25) is 5.91 Å². The molecule has 7 heteroatoms. The number of rotatable bonds is 6. The van der Waals surface area contributed by atoms with E-state index >= 15 is 0 Å². The lowest BCUT2D eigenvalue weighted by atomic mass is 10.0. The molecule has 7 nitrogen and oxygen atoms in total. The van der Waals surface area contributed by atoms with E-state index in [1.165, 1.54) is 12.0 Å². The Balaban J connectivity index is 1.66. The first-order valence-corrected chi connectivity index (χ1v) is 10.0. The Hall–Kier alpha value is -2.80. The van der Waals surface area contributed by atoms with Crippen LogP contribution in [-0.4, -0.2) is 56.0 Å². The maximum absolute atomic E-state index is 12.8. The molecule has 156 valence electrons. The summed E-state index contributed by atoms with van der Waals surface area (Å²) in [5.74, 6) is -0.521. The summed E-state index contributed by atoms with van der Waals surface area (Å²) in [5.41, 5.74) is 3.04. The first-order chi connectivity index (χ1) is 13.8. The van der Waals surface area contributed by atoms with E-state index in [1.807, 2.05) is 26.0 Å². The van der Waals surface area contributed by atoms with Gasteiger partial charge in [-0.05, 0) is 55.8 Å². The topological polar surface area (TPSA) is 77.8 Å². The number of piperazine rings is 1. The lowest BCUT2D eigenvalue weighted by molar-refractivity contribution is -0.118. The van der Waals surface area contributed by atoms with Crippen LogP contribution in [0.3, 0.4) is 0 Å². The molecule has 2 amide bonds. The van der Waals surface area contributed by atoms with E-state index in [0.717, 1.165) is 37.4 Å². The van der Waals surface area contributed by atoms with Crippen LogP contribution in [0.1, 0.15) is 30.0 Å². The van der Waals surface area contributed by atoms with Crippen LogP contribution < -0.4 is 15.5 Å². The summed E-state index contributed by atoms with van der Waals surface area (Å²) in [6.45, 7) is 9.94. The van der Waals surface area contributed by atoms with Gasteiger partial charge in [-0.15, -0.1) is 0 Å². The molecule has 29 heavy (non-hydrogen) atoms. The van der Waals surface area contributed by atoms with Crippen molar-refractivity contribution in [2.75, 3.05) is 43.4 Å². The fourth-order valence-electron chi connectivity index (χ4n) is 3.51. The highest BCUT2D eigenvalue weighted by atomic mass is 16.3. The van der Waals surface area contributed by atoms with Gasteiger partial charge in [-0.1, -0.05) is 13.8 Å². The van der Waals surface area contributed by atoms with E-state index in [1.54, 1.807) is 12.1 Å². The largest absolute Gasteiger partial charge is 0.459 e. The molecule has 0 aliphatic carbocycles. The Morgan fingerprint density at radius 3 is 2.41 bits per heavy atom. The highest BCUT2D eigenvalue weighted by Crippen LogP contribution is 2.25. The number of carbonyl (C=O) groups is 2. The first-order valence-electron chi connectivity index (χ1n) is 10.0. The van der Waals surface area contributed by atoms with Crippen molar-refractivity contribution < 1.29 is 14.0 Å². The van der Waals surface area contributed by atoms with Crippen molar-refractivity contribution in [2.45, 2.75) is 26.8 Å². The van der Waals surface area contributed by atoms with Crippen molar-refractivity contribution >= 4 is 23.2 Å². The number of carbonyl (C=O) groups excluding carboxylic acids is 2. The fraction of sp³-hybridized carbons (Fsp3) is 0.455.